The molecule has 0 unspecified atom stereocenters. The molecule has 4 rings (SSSR count). The molecule has 0 amide bonds. The van der Waals surface area contributed by atoms with Gasteiger partial charge in [-0.3, -0.25) is 0 Å². The Bertz CT molecular complexity index is 1770. The van der Waals surface area contributed by atoms with Gasteiger partial charge in [0.15, 0.2) is 0 Å². The first-order valence-corrected chi connectivity index (χ1v) is 17.5. The minimum atomic E-state index is -4.63. The van der Waals surface area contributed by atoms with Crippen LogP contribution in [-0.4, -0.2) is 0 Å². The van der Waals surface area contributed by atoms with E-state index in [1.54, 1.807) is 45.0 Å². The fourth-order valence-electron chi connectivity index (χ4n) is 4.21. The van der Waals surface area contributed by atoms with Crippen molar-refractivity contribution in [3.8, 4) is 6.07 Å². The quantitative estimate of drug-likeness (QED) is 0.162. The zero-order valence-corrected chi connectivity index (χ0v) is 34.1. The number of nitriles is 1. The standard InChI is InChI=1S/C11H12F4.C11H12FN.C10H12BrF.C10H12ClF/c1-10(2,3)7-4-5-9(12)8(6-7)11(13,14)15;1-11(2,3)9-4-5-10(12)8(6-9)7-13;2*1-10(2,3)7-4-5-9(12)8(11)6-7/h4-6H,1-3H3;4-6H,1-3H3;2*4-6H,1-3H3. The van der Waals surface area contributed by atoms with Crippen LogP contribution in [0.15, 0.2) is 77.3 Å². The molecule has 0 radical (unpaired) electrons. The van der Waals surface area contributed by atoms with E-state index in [1.165, 1.54) is 24.3 Å². The average molecular weight is 815 g/mol. The summed E-state index contributed by atoms with van der Waals surface area (Å²) in [6.07, 6.45) is -4.63. The highest BCUT2D eigenvalue weighted by molar-refractivity contribution is 9.10. The summed E-state index contributed by atoms with van der Waals surface area (Å²) in [7, 11) is 0. The maximum atomic E-state index is 12.9. The molecule has 0 fully saturated rings. The van der Waals surface area contributed by atoms with Crippen molar-refractivity contribution in [2.75, 3.05) is 0 Å². The van der Waals surface area contributed by atoms with Crippen LogP contribution in [0.4, 0.5) is 30.7 Å². The molecule has 0 bridgehead atoms. The van der Waals surface area contributed by atoms with E-state index in [0.29, 0.717) is 10.0 Å². The van der Waals surface area contributed by atoms with Crippen LogP contribution in [0.3, 0.4) is 0 Å². The molecule has 4 aromatic carbocycles. The van der Waals surface area contributed by atoms with Gasteiger partial charge in [0.05, 0.1) is 20.6 Å². The van der Waals surface area contributed by atoms with Crippen LogP contribution in [-0.2, 0) is 27.8 Å². The van der Waals surface area contributed by atoms with Gasteiger partial charge in [-0.05, 0) is 108 Å². The highest BCUT2D eigenvalue weighted by atomic mass is 79.9. The van der Waals surface area contributed by atoms with Crippen LogP contribution in [0.2, 0.25) is 5.02 Å². The number of hydrogen-bond acceptors (Lipinski definition) is 1. The molecular formula is C42H48BrClF7N. The van der Waals surface area contributed by atoms with Crippen molar-refractivity contribution >= 4 is 27.5 Å². The third-order valence-electron chi connectivity index (χ3n) is 7.66. The number of alkyl halides is 3. The highest BCUT2D eigenvalue weighted by Crippen LogP contribution is 2.34. The lowest BCUT2D eigenvalue weighted by molar-refractivity contribution is -0.140. The van der Waals surface area contributed by atoms with E-state index in [0.717, 1.165) is 28.8 Å². The van der Waals surface area contributed by atoms with Gasteiger partial charge in [-0.1, -0.05) is 119 Å². The first-order valence-electron chi connectivity index (χ1n) is 16.4. The summed E-state index contributed by atoms with van der Waals surface area (Å²) < 4.78 is 89.1. The predicted octanol–water partition coefficient (Wildman–Crippen LogP) is 14.8. The first kappa shape index (κ1) is 46.7. The molecule has 10 heteroatoms. The summed E-state index contributed by atoms with van der Waals surface area (Å²) in [5.74, 6) is -2.24. The average Bonchev–Trinajstić information content (AvgIpc) is 2.98. The Morgan fingerprint density at radius 3 is 1.21 bits per heavy atom. The number of benzene rings is 4. The lowest BCUT2D eigenvalue weighted by Crippen LogP contribution is -2.15. The van der Waals surface area contributed by atoms with Gasteiger partial charge >= 0.3 is 6.18 Å². The van der Waals surface area contributed by atoms with Gasteiger partial charge in [-0.2, -0.15) is 18.4 Å². The summed E-state index contributed by atoms with van der Waals surface area (Å²) in [6, 6.07) is 19.6. The van der Waals surface area contributed by atoms with Crippen molar-refractivity contribution in [1.82, 2.24) is 0 Å². The van der Waals surface area contributed by atoms with Crippen LogP contribution >= 0.6 is 27.5 Å². The summed E-state index contributed by atoms with van der Waals surface area (Å²) >= 11 is 8.81. The summed E-state index contributed by atoms with van der Waals surface area (Å²) in [4.78, 5) is 0. The second-order valence-corrected chi connectivity index (χ2v) is 17.5. The summed E-state index contributed by atoms with van der Waals surface area (Å²) in [5.41, 5.74) is 2.19. The molecule has 0 atom stereocenters. The number of hydrogen-bond donors (Lipinski definition) is 0. The van der Waals surface area contributed by atoms with E-state index >= 15 is 0 Å². The van der Waals surface area contributed by atoms with Crippen molar-refractivity contribution in [3.63, 3.8) is 0 Å². The van der Waals surface area contributed by atoms with Gasteiger partial charge in [0.1, 0.15) is 29.3 Å². The van der Waals surface area contributed by atoms with E-state index in [1.807, 2.05) is 39.0 Å². The molecule has 0 spiro atoms. The van der Waals surface area contributed by atoms with Crippen LogP contribution in [0.1, 0.15) is 116 Å². The Kier molecular flexibility index (Phi) is 16.3. The van der Waals surface area contributed by atoms with E-state index in [2.05, 4.69) is 57.5 Å². The molecule has 0 N–H and O–H groups in total. The predicted molar refractivity (Wildman–Crippen MR) is 203 cm³/mol. The van der Waals surface area contributed by atoms with Gasteiger partial charge in [-0.15, -0.1) is 0 Å². The van der Waals surface area contributed by atoms with Crippen molar-refractivity contribution < 1.29 is 30.7 Å². The van der Waals surface area contributed by atoms with Gasteiger partial charge in [0.2, 0.25) is 0 Å². The lowest BCUT2D eigenvalue weighted by Gasteiger charge is -2.20. The molecule has 0 aliphatic rings. The Balaban J connectivity index is 0.000000348. The smallest absolute Gasteiger partial charge is 0.206 e. The topological polar surface area (TPSA) is 23.8 Å². The largest absolute Gasteiger partial charge is 0.419 e. The number of nitrogens with zero attached hydrogens (tertiary/aromatic N) is 1. The Labute approximate surface area is 318 Å². The minimum Gasteiger partial charge on any atom is -0.206 e. The van der Waals surface area contributed by atoms with Gasteiger partial charge in [0.25, 0.3) is 0 Å². The fraction of sp³-hybridized carbons (Fsp3) is 0.405. The molecule has 0 aliphatic heterocycles. The molecule has 1 nitrogen and oxygen atoms in total. The number of rotatable bonds is 0. The number of halogens is 9. The summed E-state index contributed by atoms with van der Waals surface area (Å²) in [5, 5.41) is 8.82. The van der Waals surface area contributed by atoms with E-state index in [4.69, 9.17) is 16.9 Å². The van der Waals surface area contributed by atoms with Gasteiger partial charge in [0, 0.05) is 0 Å². The van der Waals surface area contributed by atoms with Crippen LogP contribution in [0.5, 0.6) is 0 Å². The monoisotopic (exact) mass is 813 g/mol. The molecule has 0 saturated heterocycles. The van der Waals surface area contributed by atoms with Crippen molar-refractivity contribution in [3.05, 3.63) is 139 Å². The zero-order chi connectivity index (χ0) is 40.6. The fourth-order valence-corrected chi connectivity index (χ4v) is 4.77. The van der Waals surface area contributed by atoms with E-state index in [-0.39, 0.29) is 38.5 Å². The van der Waals surface area contributed by atoms with Crippen molar-refractivity contribution in [2.45, 2.75) is 111 Å². The molecule has 284 valence electrons. The van der Waals surface area contributed by atoms with Crippen molar-refractivity contribution in [1.29, 1.82) is 5.26 Å². The minimum absolute atomic E-state index is 0.0251. The lowest BCUT2D eigenvalue weighted by atomic mass is 9.86. The van der Waals surface area contributed by atoms with E-state index in [9.17, 15) is 30.7 Å². The first-order chi connectivity index (χ1) is 23.4. The molecule has 0 aromatic heterocycles. The normalized spacial score (nSPS) is 11.9. The van der Waals surface area contributed by atoms with E-state index < -0.39 is 28.8 Å². The molecule has 0 saturated carbocycles. The highest BCUT2D eigenvalue weighted by Gasteiger charge is 2.35. The van der Waals surface area contributed by atoms with Gasteiger partial charge < -0.3 is 0 Å². The third-order valence-corrected chi connectivity index (χ3v) is 8.56. The third kappa shape index (κ3) is 14.9. The molecule has 4 aromatic rings. The Morgan fingerprint density at radius 2 is 0.846 bits per heavy atom. The Morgan fingerprint density at radius 1 is 0.500 bits per heavy atom. The maximum absolute atomic E-state index is 12.9. The summed E-state index contributed by atoms with van der Waals surface area (Å²) in [6.45, 7) is 23.9. The molecular weight excluding hydrogens is 767 g/mol. The van der Waals surface area contributed by atoms with Crippen LogP contribution in [0, 0.1) is 34.6 Å². The second kappa shape index (κ2) is 18.1. The molecule has 52 heavy (non-hydrogen) atoms. The van der Waals surface area contributed by atoms with Gasteiger partial charge in [-0.25, -0.2) is 17.6 Å². The SMILES string of the molecule is CC(C)(C)c1ccc(F)c(Br)c1.CC(C)(C)c1ccc(F)c(C#N)c1.CC(C)(C)c1ccc(F)c(C(F)(F)F)c1.CC(C)(C)c1ccc(F)c(Cl)c1. The molecule has 0 aliphatic carbocycles. The van der Waals surface area contributed by atoms with Crippen LogP contribution < -0.4 is 0 Å². The molecule has 0 heterocycles. The Hall–Kier alpha value is -3.35. The van der Waals surface area contributed by atoms with Crippen LogP contribution in [0.25, 0.3) is 0 Å². The zero-order valence-electron chi connectivity index (χ0n) is 31.8. The van der Waals surface area contributed by atoms with Crippen molar-refractivity contribution in [2.24, 2.45) is 0 Å². The second-order valence-electron chi connectivity index (χ2n) is 16.3. The maximum Gasteiger partial charge on any atom is 0.419 e.